The molecule has 0 spiro atoms. The lowest BCUT2D eigenvalue weighted by molar-refractivity contribution is -0.115. The molecule has 0 saturated carbocycles. The lowest BCUT2D eigenvalue weighted by atomic mass is 10.1. The third-order valence-electron chi connectivity index (χ3n) is 4.21. The Morgan fingerprint density at radius 1 is 1.20 bits per heavy atom. The number of hydrogen-bond donors (Lipinski definition) is 1. The van der Waals surface area contributed by atoms with Crippen molar-refractivity contribution >= 4 is 21.6 Å². The quantitative estimate of drug-likeness (QED) is 0.878. The summed E-state index contributed by atoms with van der Waals surface area (Å²) in [5.41, 5.74) is 3.51. The Hall–Kier alpha value is -2.19. The maximum Gasteiger partial charge on any atom is 0.242 e. The van der Waals surface area contributed by atoms with Crippen molar-refractivity contribution in [2.75, 3.05) is 19.4 Å². The van der Waals surface area contributed by atoms with Gasteiger partial charge in [0.2, 0.25) is 15.9 Å². The molecular formula is C17H23N3O4S. The lowest BCUT2D eigenvalue weighted by Gasteiger charge is -2.16. The highest BCUT2D eigenvalue weighted by Crippen LogP contribution is 2.26. The average Bonchev–Trinajstić information content (AvgIpc) is 2.83. The van der Waals surface area contributed by atoms with E-state index in [9.17, 15) is 13.2 Å². The Labute approximate surface area is 148 Å². The van der Waals surface area contributed by atoms with Gasteiger partial charge in [-0.15, -0.1) is 0 Å². The summed E-state index contributed by atoms with van der Waals surface area (Å²) in [4.78, 5) is 12.5. The van der Waals surface area contributed by atoms with Crippen LogP contribution in [0, 0.1) is 27.7 Å². The highest BCUT2D eigenvalue weighted by molar-refractivity contribution is 7.89. The van der Waals surface area contributed by atoms with Crippen LogP contribution in [0.4, 0.5) is 5.69 Å². The molecule has 1 N–H and O–H groups in total. The number of rotatable bonds is 5. The maximum atomic E-state index is 12.4. The van der Waals surface area contributed by atoms with Crippen LogP contribution in [0.15, 0.2) is 21.6 Å². The first-order valence-corrected chi connectivity index (χ1v) is 9.23. The van der Waals surface area contributed by atoms with Gasteiger partial charge in [-0.05, 0) is 51.0 Å². The minimum atomic E-state index is -3.58. The van der Waals surface area contributed by atoms with Crippen molar-refractivity contribution in [3.63, 3.8) is 0 Å². The number of carbonyl (C=O) groups excluding carboxylic acids is 1. The molecule has 0 unspecified atom stereocenters. The second-order valence-corrected chi connectivity index (χ2v) is 8.38. The molecule has 25 heavy (non-hydrogen) atoms. The SMILES string of the molecule is Cc1cc(S(=O)(=O)N(C)C)cc(NC(=O)Cc2c(C)noc2C)c1C. The average molecular weight is 365 g/mol. The van der Waals surface area contributed by atoms with Crippen LogP contribution in [-0.2, 0) is 21.2 Å². The number of sulfonamides is 1. The van der Waals surface area contributed by atoms with Gasteiger partial charge in [-0.25, -0.2) is 12.7 Å². The molecule has 0 aliphatic rings. The summed E-state index contributed by atoms with van der Waals surface area (Å²) < 4.78 is 31.0. The van der Waals surface area contributed by atoms with Gasteiger partial charge in [-0.3, -0.25) is 4.79 Å². The molecule has 0 aliphatic heterocycles. The first-order valence-electron chi connectivity index (χ1n) is 7.79. The number of nitrogens with one attached hydrogen (secondary N) is 1. The van der Waals surface area contributed by atoms with Crippen LogP contribution in [0.5, 0.6) is 0 Å². The van der Waals surface area contributed by atoms with Gasteiger partial charge in [0, 0.05) is 25.3 Å². The number of nitrogens with zero attached hydrogens (tertiary/aromatic N) is 2. The highest BCUT2D eigenvalue weighted by atomic mass is 32.2. The van der Waals surface area contributed by atoms with Crippen molar-refractivity contribution < 1.29 is 17.7 Å². The first kappa shape index (κ1) is 19.1. The molecule has 1 heterocycles. The molecule has 0 saturated heterocycles. The second-order valence-electron chi connectivity index (χ2n) is 6.23. The molecule has 0 atom stereocenters. The summed E-state index contributed by atoms with van der Waals surface area (Å²) >= 11 is 0. The number of carbonyl (C=O) groups is 1. The predicted octanol–water partition coefficient (Wildman–Crippen LogP) is 2.34. The Morgan fingerprint density at radius 3 is 2.36 bits per heavy atom. The summed E-state index contributed by atoms with van der Waals surface area (Å²) in [5, 5.41) is 6.64. The fraction of sp³-hybridized carbons (Fsp3) is 0.412. The van der Waals surface area contributed by atoms with Crippen LogP contribution < -0.4 is 5.32 Å². The van der Waals surface area contributed by atoms with Gasteiger partial charge in [-0.1, -0.05) is 5.16 Å². The zero-order valence-electron chi connectivity index (χ0n) is 15.3. The maximum absolute atomic E-state index is 12.4. The van der Waals surface area contributed by atoms with E-state index in [0.29, 0.717) is 17.1 Å². The van der Waals surface area contributed by atoms with Crippen LogP contribution in [-0.4, -0.2) is 37.9 Å². The number of benzene rings is 1. The van der Waals surface area contributed by atoms with E-state index in [2.05, 4.69) is 10.5 Å². The van der Waals surface area contributed by atoms with E-state index in [1.807, 2.05) is 13.8 Å². The summed E-state index contributed by atoms with van der Waals surface area (Å²) in [6, 6.07) is 3.09. The molecular weight excluding hydrogens is 342 g/mol. The largest absolute Gasteiger partial charge is 0.361 e. The predicted molar refractivity (Wildman–Crippen MR) is 95.1 cm³/mol. The number of anilines is 1. The normalized spacial score (nSPS) is 11.8. The van der Waals surface area contributed by atoms with E-state index in [4.69, 9.17) is 4.52 Å². The fourth-order valence-electron chi connectivity index (χ4n) is 2.43. The molecule has 136 valence electrons. The molecule has 0 fully saturated rings. The number of amides is 1. The van der Waals surface area contributed by atoms with Crippen molar-refractivity contribution in [3.8, 4) is 0 Å². The topological polar surface area (TPSA) is 92.5 Å². The van der Waals surface area contributed by atoms with Crippen LogP contribution in [0.1, 0.15) is 28.1 Å². The third kappa shape index (κ3) is 3.91. The molecule has 1 amide bonds. The fourth-order valence-corrected chi connectivity index (χ4v) is 3.44. The van der Waals surface area contributed by atoms with Gasteiger partial charge < -0.3 is 9.84 Å². The standard InChI is InChI=1S/C17H23N3O4S/c1-10-7-14(25(22,23)20(5)6)8-16(11(10)2)18-17(21)9-15-12(3)19-24-13(15)4/h7-8H,9H2,1-6H3,(H,18,21). The molecule has 2 rings (SSSR count). The molecule has 0 aliphatic carbocycles. The van der Waals surface area contributed by atoms with E-state index < -0.39 is 10.0 Å². The van der Waals surface area contributed by atoms with Gasteiger partial charge in [0.15, 0.2) is 0 Å². The molecule has 2 aromatic rings. The Balaban J connectivity index is 2.33. The van der Waals surface area contributed by atoms with E-state index in [1.54, 1.807) is 19.9 Å². The summed E-state index contributed by atoms with van der Waals surface area (Å²) in [7, 11) is -0.636. The van der Waals surface area contributed by atoms with Crippen LogP contribution in [0.25, 0.3) is 0 Å². The van der Waals surface area contributed by atoms with E-state index in [-0.39, 0.29) is 17.2 Å². The van der Waals surface area contributed by atoms with Crippen molar-refractivity contribution in [1.82, 2.24) is 9.46 Å². The van der Waals surface area contributed by atoms with Gasteiger partial charge in [0.25, 0.3) is 0 Å². The molecule has 0 radical (unpaired) electrons. The summed E-state index contributed by atoms with van der Waals surface area (Å²) in [5.74, 6) is 0.348. The van der Waals surface area contributed by atoms with Crippen LogP contribution in [0.3, 0.4) is 0 Å². The first-order chi connectivity index (χ1) is 11.5. The van der Waals surface area contributed by atoms with E-state index in [1.165, 1.54) is 20.2 Å². The smallest absolute Gasteiger partial charge is 0.242 e. The van der Waals surface area contributed by atoms with Gasteiger partial charge >= 0.3 is 0 Å². The number of aryl methyl sites for hydroxylation is 3. The van der Waals surface area contributed by atoms with E-state index in [0.717, 1.165) is 21.0 Å². The molecule has 8 heteroatoms. The Bertz CT molecular complexity index is 895. The van der Waals surface area contributed by atoms with E-state index >= 15 is 0 Å². The zero-order valence-corrected chi connectivity index (χ0v) is 16.1. The van der Waals surface area contributed by atoms with Crippen molar-refractivity contribution in [2.45, 2.75) is 39.0 Å². The highest BCUT2D eigenvalue weighted by Gasteiger charge is 2.21. The van der Waals surface area contributed by atoms with Gasteiger partial charge in [-0.2, -0.15) is 0 Å². The van der Waals surface area contributed by atoms with Crippen molar-refractivity contribution in [1.29, 1.82) is 0 Å². The van der Waals surface area contributed by atoms with Crippen molar-refractivity contribution in [3.05, 3.63) is 40.3 Å². The minimum absolute atomic E-state index is 0.115. The Kier molecular flexibility index (Phi) is 5.34. The van der Waals surface area contributed by atoms with Crippen LogP contribution >= 0.6 is 0 Å². The molecule has 7 nitrogen and oxygen atoms in total. The molecule has 1 aromatic carbocycles. The molecule has 1 aromatic heterocycles. The Morgan fingerprint density at radius 2 is 1.84 bits per heavy atom. The lowest BCUT2D eigenvalue weighted by Crippen LogP contribution is -2.23. The molecule has 0 bridgehead atoms. The minimum Gasteiger partial charge on any atom is -0.361 e. The second kappa shape index (κ2) is 6.97. The zero-order chi connectivity index (χ0) is 18.9. The van der Waals surface area contributed by atoms with Crippen LogP contribution in [0.2, 0.25) is 0 Å². The van der Waals surface area contributed by atoms with Gasteiger partial charge in [0.05, 0.1) is 17.0 Å². The monoisotopic (exact) mass is 365 g/mol. The third-order valence-corrected chi connectivity index (χ3v) is 6.00. The van der Waals surface area contributed by atoms with Crippen molar-refractivity contribution in [2.24, 2.45) is 0 Å². The van der Waals surface area contributed by atoms with Gasteiger partial charge in [0.1, 0.15) is 5.76 Å². The number of aromatic nitrogens is 1. The number of hydrogen-bond acceptors (Lipinski definition) is 5. The summed E-state index contributed by atoms with van der Waals surface area (Å²) in [6.45, 7) is 7.18. The summed E-state index contributed by atoms with van der Waals surface area (Å²) in [6.07, 6.45) is 0.115.